The molecule has 4 rings (SSSR count). The van der Waals surface area contributed by atoms with Crippen LogP contribution in [0.2, 0.25) is 5.02 Å². The van der Waals surface area contributed by atoms with Crippen molar-refractivity contribution in [3.8, 4) is 17.1 Å². The number of hydrogen-bond donors (Lipinski definition) is 0. The summed E-state index contributed by atoms with van der Waals surface area (Å²) in [4.78, 5) is 26.7. The summed E-state index contributed by atoms with van der Waals surface area (Å²) in [5.41, 5.74) is 1.43. The second kappa shape index (κ2) is 8.71. The minimum atomic E-state index is -0.107. The number of nitrogens with zero attached hydrogens (tertiary/aromatic N) is 4. The van der Waals surface area contributed by atoms with Crippen LogP contribution in [0.3, 0.4) is 0 Å². The Morgan fingerprint density at radius 3 is 2.87 bits per heavy atom. The molecule has 0 fully saturated rings. The Morgan fingerprint density at radius 1 is 1.20 bits per heavy atom. The van der Waals surface area contributed by atoms with Crippen molar-refractivity contribution in [1.29, 1.82) is 0 Å². The lowest BCUT2D eigenvalue weighted by Crippen LogP contribution is -2.37. The molecule has 3 aromatic rings. The smallest absolute Gasteiger partial charge is 0.234 e. The van der Waals surface area contributed by atoms with Crippen molar-refractivity contribution >= 4 is 29.1 Å². The number of halogens is 1. The first kappa shape index (κ1) is 20.2. The van der Waals surface area contributed by atoms with E-state index in [0.29, 0.717) is 34.7 Å². The number of aromatic nitrogens is 3. The summed E-state index contributed by atoms with van der Waals surface area (Å²) in [6.07, 6.45) is 1.16. The molecule has 9 heteroatoms. The van der Waals surface area contributed by atoms with Crippen LogP contribution in [0.1, 0.15) is 25.0 Å². The highest BCUT2D eigenvalue weighted by Crippen LogP contribution is 2.26. The van der Waals surface area contributed by atoms with Gasteiger partial charge in [0.25, 0.3) is 0 Å². The third kappa shape index (κ3) is 4.38. The second-order valence-corrected chi connectivity index (χ2v) is 7.51. The normalized spacial score (nSPS) is 13.2. The van der Waals surface area contributed by atoms with E-state index in [2.05, 4.69) is 10.3 Å². The first-order valence-electron chi connectivity index (χ1n) is 9.69. The zero-order chi connectivity index (χ0) is 21.1. The third-order valence-electron chi connectivity index (χ3n) is 4.94. The van der Waals surface area contributed by atoms with Gasteiger partial charge >= 0.3 is 0 Å². The summed E-state index contributed by atoms with van der Waals surface area (Å²) in [7, 11) is 1.54. The number of aryl methyl sites for hydroxylation is 1. The zero-order valence-electron chi connectivity index (χ0n) is 16.5. The number of anilines is 1. The van der Waals surface area contributed by atoms with Crippen LogP contribution < -0.4 is 9.64 Å². The number of amides is 1. The Balaban J connectivity index is 1.33. The van der Waals surface area contributed by atoms with Crippen molar-refractivity contribution in [3.05, 3.63) is 47.2 Å². The van der Waals surface area contributed by atoms with E-state index in [1.165, 1.54) is 0 Å². The average molecular weight is 429 g/mol. The maximum Gasteiger partial charge on any atom is 0.234 e. The van der Waals surface area contributed by atoms with Crippen molar-refractivity contribution in [3.63, 3.8) is 0 Å². The monoisotopic (exact) mass is 428 g/mol. The van der Waals surface area contributed by atoms with Crippen LogP contribution in [0.5, 0.6) is 5.88 Å². The molecule has 1 aliphatic heterocycles. The van der Waals surface area contributed by atoms with Gasteiger partial charge < -0.3 is 9.26 Å². The van der Waals surface area contributed by atoms with E-state index in [1.54, 1.807) is 41.0 Å². The van der Waals surface area contributed by atoms with Crippen molar-refractivity contribution in [2.45, 2.75) is 32.2 Å². The second-order valence-electron chi connectivity index (χ2n) is 7.07. The van der Waals surface area contributed by atoms with Gasteiger partial charge in [0, 0.05) is 48.6 Å². The van der Waals surface area contributed by atoms with Gasteiger partial charge in [-0.2, -0.15) is 0 Å². The molecule has 0 bridgehead atoms. The molecule has 1 aromatic carbocycles. The fourth-order valence-corrected chi connectivity index (χ4v) is 3.65. The summed E-state index contributed by atoms with van der Waals surface area (Å²) < 4.78 is 12.2. The first-order valence-corrected chi connectivity index (χ1v) is 10.1. The van der Waals surface area contributed by atoms with E-state index >= 15 is 0 Å². The molecule has 156 valence electrons. The molecular weight excluding hydrogens is 408 g/mol. The predicted molar refractivity (Wildman–Crippen MR) is 111 cm³/mol. The van der Waals surface area contributed by atoms with Gasteiger partial charge in [0.15, 0.2) is 0 Å². The number of carbonyl (C=O) groups is 2. The van der Waals surface area contributed by atoms with Gasteiger partial charge in [-0.05, 0) is 18.6 Å². The van der Waals surface area contributed by atoms with E-state index in [-0.39, 0.29) is 31.0 Å². The molecule has 8 nitrogen and oxygen atoms in total. The third-order valence-corrected chi connectivity index (χ3v) is 5.18. The van der Waals surface area contributed by atoms with Crippen LogP contribution in [0.25, 0.3) is 11.3 Å². The maximum absolute atomic E-state index is 12.7. The molecular formula is C21H21ClN4O4. The zero-order valence-corrected chi connectivity index (χ0v) is 17.3. The molecule has 2 aromatic heterocycles. The number of rotatable bonds is 7. The standard InChI is InChI=1S/C21H21ClN4O4/c1-29-19-13-20-25(8-3-9-26(20)23-19)21(28)7-6-16(27)11-17-12-18(24-30-17)14-4-2-5-15(22)10-14/h2,4-5,10,12-13H,3,6-9,11H2,1H3. The Kier molecular flexibility index (Phi) is 5.85. The van der Waals surface area contributed by atoms with Crippen LogP contribution in [0, 0.1) is 0 Å². The fourth-order valence-electron chi connectivity index (χ4n) is 3.46. The van der Waals surface area contributed by atoms with E-state index < -0.39 is 0 Å². The number of benzene rings is 1. The SMILES string of the molecule is COc1cc2n(n1)CCCN2C(=O)CCC(=O)Cc1cc(-c2cccc(Cl)c2)no1. The van der Waals surface area contributed by atoms with E-state index in [0.717, 1.165) is 18.5 Å². The highest BCUT2D eigenvalue weighted by atomic mass is 35.5. The molecule has 0 radical (unpaired) electrons. The molecule has 0 spiro atoms. The summed E-state index contributed by atoms with van der Waals surface area (Å²) in [5.74, 6) is 1.45. The number of ketones is 1. The average Bonchev–Trinajstić information content (AvgIpc) is 3.38. The first-order chi connectivity index (χ1) is 14.5. The van der Waals surface area contributed by atoms with E-state index in [4.69, 9.17) is 20.9 Å². The molecule has 0 saturated heterocycles. The Bertz CT molecular complexity index is 1070. The largest absolute Gasteiger partial charge is 0.480 e. The quantitative estimate of drug-likeness (QED) is 0.571. The molecule has 0 unspecified atom stereocenters. The molecule has 0 aliphatic carbocycles. The van der Waals surface area contributed by atoms with Gasteiger partial charge in [-0.1, -0.05) is 28.9 Å². The summed E-state index contributed by atoms with van der Waals surface area (Å²) in [5, 5.41) is 8.89. The highest BCUT2D eigenvalue weighted by Gasteiger charge is 2.25. The van der Waals surface area contributed by atoms with Crippen molar-refractivity contribution in [1.82, 2.24) is 14.9 Å². The maximum atomic E-state index is 12.7. The lowest BCUT2D eigenvalue weighted by atomic mass is 10.1. The van der Waals surface area contributed by atoms with E-state index in [9.17, 15) is 9.59 Å². The number of ether oxygens (including phenoxy) is 1. The van der Waals surface area contributed by atoms with Gasteiger partial charge in [-0.25, -0.2) is 4.68 Å². The van der Waals surface area contributed by atoms with Crippen LogP contribution in [0.4, 0.5) is 5.82 Å². The topological polar surface area (TPSA) is 90.5 Å². The van der Waals surface area contributed by atoms with Crippen LogP contribution in [-0.2, 0) is 22.6 Å². The van der Waals surface area contributed by atoms with Gasteiger partial charge in [0.2, 0.25) is 11.8 Å². The minimum Gasteiger partial charge on any atom is -0.480 e. The van der Waals surface area contributed by atoms with Crippen molar-refractivity contribution in [2.24, 2.45) is 0 Å². The molecule has 30 heavy (non-hydrogen) atoms. The van der Waals surface area contributed by atoms with Gasteiger partial charge in [-0.15, -0.1) is 5.10 Å². The highest BCUT2D eigenvalue weighted by molar-refractivity contribution is 6.30. The Morgan fingerprint density at radius 2 is 2.07 bits per heavy atom. The number of Topliss-reactive ketones (excluding diaryl/α,β-unsaturated/α-hetero) is 1. The van der Waals surface area contributed by atoms with Gasteiger partial charge in [0.1, 0.15) is 23.1 Å². The molecule has 0 saturated carbocycles. The van der Waals surface area contributed by atoms with Crippen molar-refractivity contribution in [2.75, 3.05) is 18.6 Å². The number of fused-ring (bicyclic) bond motifs is 1. The van der Waals surface area contributed by atoms with Gasteiger partial charge in [-0.3, -0.25) is 14.5 Å². The summed E-state index contributed by atoms with van der Waals surface area (Å²) in [6.45, 7) is 1.34. The lowest BCUT2D eigenvalue weighted by molar-refractivity contribution is -0.124. The minimum absolute atomic E-state index is 0.0831. The van der Waals surface area contributed by atoms with E-state index in [1.807, 2.05) is 12.1 Å². The molecule has 1 amide bonds. The lowest BCUT2D eigenvalue weighted by Gasteiger charge is -2.27. The molecule has 1 aliphatic rings. The Hall–Kier alpha value is -3.13. The molecule has 0 N–H and O–H groups in total. The molecule has 3 heterocycles. The van der Waals surface area contributed by atoms with Crippen LogP contribution in [0.15, 0.2) is 40.9 Å². The number of carbonyl (C=O) groups excluding carboxylic acids is 2. The van der Waals surface area contributed by atoms with Crippen molar-refractivity contribution < 1.29 is 18.8 Å². The molecule has 0 atom stereocenters. The van der Waals surface area contributed by atoms with Gasteiger partial charge in [0.05, 0.1) is 13.5 Å². The van der Waals surface area contributed by atoms with Crippen LogP contribution in [-0.4, -0.2) is 40.3 Å². The fraction of sp³-hybridized carbons (Fsp3) is 0.333. The predicted octanol–water partition coefficient (Wildman–Crippen LogP) is 3.53. The van der Waals surface area contributed by atoms with Crippen LogP contribution >= 0.6 is 11.6 Å². The Labute approximate surface area is 178 Å². The number of methoxy groups -OCH3 is 1. The summed E-state index contributed by atoms with van der Waals surface area (Å²) >= 11 is 6.00. The summed E-state index contributed by atoms with van der Waals surface area (Å²) in [6, 6.07) is 10.7. The number of hydrogen-bond acceptors (Lipinski definition) is 6.